The maximum Gasteiger partial charge on any atom is 0.202 e. The van der Waals surface area contributed by atoms with E-state index in [1.165, 1.54) is 5.57 Å². The molecule has 1 aromatic rings. The Labute approximate surface area is 224 Å². The molecule has 0 aromatic carbocycles. The van der Waals surface area contributed by atoms with Crippen molar-refractivity contribution in [2.75, 3.05) is 19.8 Å². The Hall–Kier alpha value is -2.48. The molecule has 0 bridgehead atoms. The number of oxazole rings is 1. The van der Waals surface area contributed by atoms with E-state index in [2.05, 4.69) is 43.8 Å². The Bertz CT molecular complexity index is 1040. The van der Waals surface area contributed by atoms with E-state index in [1.807, 2.05) is 31.2 Å². The van der Waals surface area contributed by atoms with Gasteiger partial charge in [-0.1, -0.05) is 65.9 Å². The SMILES string of the molecule is C=C(/C=C\CC=C(C)C)c1nc(C2CCOCC2)oc1SC1=CCC=C(Cl)C=C1.CCO/C(C)=N\N. The Morgan fingerprint density at radius 1 is 1.28 bits per heavy atom. The van der Waals surface area contributed by atoms with Crippen LogP contribution in [0, 0.1) is 0 Å². The highest BCUT2D eigenvalue weighted by atomic mass is 35.5. The normalized spacial score (nSPS) is 16.5. The Morgan fingerprint density at radius 3 is 2.67 bits per heavy atom. The second-order valence-electron chi connectivity index (χ2n) is 8.47. The molecule has 3 rings (SSSR count). The Balaban J connectivity index is 0.000000572. The highest BCUT2D eigenvalue weighted by Gasteiger charge is 2.24. The molecule has 2 aliphatic rings. The molecular formula is C28H38ClN3O3S. The molecule has 0 radical (unpaired) electrons. The number of ether oxygens (including phenoxy) is 2. The third kappa shape index (κ3) is 10.6. The van der Waals surface area contributed by atoms with Gasteiger partial charge >= 0.3 is 0 Å². The van der Waals surface area contributed by atoms with Gasteiger partial charge in [0.2, 0.25) is 5.90 Å². The summed E-state index contributed by atoms with van der Waals surface area (Å²) in [4.78, 5) is 5.94. The molecule has 196 valence electrons. The number of rotatable bonds is 8. The number of hydrogen-bond acceptors (Lipinski definition) is 7. The minimum atomic E-state index is 0.300. The Kier molecular flexibility index (Phi) is 13.5. The molecule has 1 aliphatic heterocycles. The van der Waals surface area contributed by atoms with E-state index in [1.54, 1.807) is 18.7 Å². The largest absolute Gasteiger partial charge is 0.480 e. The number of nitrogens with zero attached hydrogens (tertiary/aromatic N) is 2. The van der Waals surface area contributed by atoms with Crippen molar-refractivity contribution < 1.29 is 13.9 Å². The summed E-state index contributed by atoms with van der Waals surface area (Å²) in [5.41, 5.74) is 2.99. The smallest absolute Gasteiger partial charge is 0.202 e. The summed E-state index contributed by atoms with van der Waals surface area (Å²) in [5.74, 6) is 6.44. The second kappa shape index (κ2) is 16.3. The lowest BCUT2D eigenvalue weighted by Crippen LogP contribution is -2.14. The summed E-state index contributed by atoms with van der Waals surface area (Å²) in [6.07, 6.45) is 18.0. The van der Waals surface area contributed by atoms with Gasteiger partial charge in [-0.25, -0.2) is 4.98 Å². The number of thioether (sulfide) groups is 1. The lowest BCUT2D eigenvalue weighted by atomic mass is 10.0. The summed E-state index contributed by atoms with van der Waals surface area (Å²) >= 11 is 7.71. The van der Waals surface area contributed by atoms with Crippen LogP contribution < -0.4 is 5.84 Å². The van der Waals surface area contributed by atoms with Gasteiger partial charge in [0.05, 0.1) is 6.61 Å². The van der Waals surface area contributed by atoms with Gasteiger partial charge in [0, 0.05) is 36.0 Å². The predicted octanol–water partition coefficient (Wildman–Crippen LogP) is 7.87. The van der Waals surface area contributed by atoms with E-state index < -0.39 is 0 Å². The molecule has 36 heavy (non-hydrogen) atoms. The zero-order chi connectivity index (χ0) is 26.3. The van der Waals surface area contributed by atoms with Gasteiger partial charge in [-0.3, -0.25) is 0 Å². The highest BCUT2D eigenvalue weighted by Crippen LogP contribution is 2.38. The van der Waals surface area contributed by atoms with Gasteiger partial charge in [0.15, 0.2) is 11.0 Å². The molecule has 8 heteroatoms. The van der Waals surface area contributed by atoms with E-state index in [9.17, 15) is 0 Å². The molecule has 0 unspecified atom stereocenters. The summed E-state index contributed by atoms with van der Waals surface area (Å²) in [6, 6.07) is 0. The van der Waals surface area contributed by atoms with Crippen LogP contribution in [0.5, 0.6) is 0 Å². The zero-order valence-corrected chi connectivity index (χ0v) is 23.3. The van der Waals surface area contributed by atoms with Crippen LogP contribution in [0.3, 0.4) is 0 Å². The van der Waals surface area contributed by atoms with Crippen molar-refractivity contribution in [2.24, 2.45) is 10.9 Å². The fourth-order valence-corrected chi connectivity index (χ4v) is 4.40. The average molecular weight is 532 g/mol. The summed E-state index contributed by atoms with van der Waals surface area (Å²) in [6.45, 7) is 14.2. The zero-order valence-electron chi connectivity index (χ0n) is 21.8. The van der Waals surface area contributed by atoms with Crippen LogP contribution in [0.25, 0.3) is 5.57 Å². The maximum atomic E-state index is 6.26. The summed E-state index contributed by atoms with van der Waals surface area (Å²) < 4.78 is 16.6. The van der Waals surface area contributed by atoms with Crippen molar-refractivity contribution in [3.63, 3.8) is 0 Å². The van der Waals surface area contributed by atoms with E-state index in [0.717, 1.165) is 71.1 Å². The van der Waals surface area contributed by atoms with Crippen molar-refractivity contribution >= 4 is 34.8 Å². The molecule has 2 N–H and O–H groups in total. The van der Waals surface area contributed by atoms with Gasteiger partial charge in [-0.15, -0.1) is 5.10 Å². The number of halogens is 1. The lowest BCUT2D eigenvalue weighted by Gasteiger charge is -2.18. The van der Waals surface area contributed by atoms with Crippen molar-refractivity contribution in [1.82, 2.24) is 4.98 Å². The van der Waals surface area contributed by atoms with E-state index in [0.29, 0.717) is 18.4 Å². The standard InChI is InChI=1S/C24H28ClNO2S.C4H10N2O/c1-17(2)7-4-5-8-18(3)22-24(29-21-10-6-9-20(25)11-12-21)28-23(26-22)19-13-15-27-16-14-19;1-3-7-4(2)6-5/h5,7-12,19H,3-4,6,13-16H2,1-2H3;3,5H2,1-2H3/b8-5-;6-4-. The Morgan fingerprint density at radius 2 is 2.03 bits per heavy atom. The summed E-state index contributed by atoms with van der Waals surface area (Å²) in [5, 5.41) is 4.82. The average Bonchev–Trinajstić information content (AvgIpc) is 3.18. The number of hydrogen-bond donors (Lipinski definition) is 1. The highest BCUT2D eigenvalue weighted by molar-refractivity contribution is 8.03. The summed E-state index contributed by atoms with van der Waals surface area (Å²) in [7, 11) is 0. The van der Waals surface area contributed by atoms with Crippen LogP contribution in [0.15, 0.2) is 79.2 Å². The number of nitrogens with two attached hydrogens (primary N) is 1. The lowest BCUT2D eigenvalue weighted by molar-refractivity contribution is 0.0786. The van der Waals surface area contributed by atoms with Crippen LogP contribution >= 0.6 is 23.4 Å². The molecule has 1 aliphatic carbocycles. The molecule has 1 aromatic heterocycles. The molecule has 1 fully saturated rings. The van der Waals surface area contributed by atoms with E-state index in [4.69, 9.17) is 36.3 Å². The third-order valence-corrected chi connectivity index (χ3v) is 6.53. The van der Waals surface area contributed by atoms with Crippen LogP contribution in [0.4, 0.5) is 0 Å². The van der Waals surface area contributed by atoms with Crippen molar-refractivity contribution in [3.8, 4) is 0 Å². The fourth-order valence-electron chi connectivity index (χ4n) is 3.32. The molecule has 0 spiro atoms. The number of hydrazone groups is 1. The minimum absolute atomic E-state index is 0.300. The molecular weight excluding hydrogens is 494 g/mol. The number of aromatic nitrogens is 1. The van der Waals surface area contributed by atoms with Gasteiger partial charge in [-0.05, 0) is 64.2 Å². The van der Waals surface area contributed by atoms with E-state index >= 15 is 0 Å². The first-order chi connectivity index (χ1) is 17.3. The molecule has 6 nitrogen and oxygen atoms in total. The predicted molar refractivity (Wildman–Crippen MR) is 152 cm³/mol. The topological polar surface area (TPSA) is 82.9 Å². The maximum absolute atomic E-state index is 6.26. The molecule has 0 saturated carbocycles. The van der Waals surface area contributed by atoms with Gasteiger partial charge in [-0.2, -0.15) is 0 Å². The van der Waals surface area contributed by atoms with Gasteiger partial charge < -0.3 is 19.7 Å². The van der Waals surface area contributed by atoms with E-state index in [-0.39, 0.29) is 0 Å². The first-order valence-electron chi connectivity index (χ1n) is 12.2. The van der Waals surface area contributed by atoms with Crippen LogP contribution in [-0.2, 0) is 9.47 Å². The van der Waals surface area contributed by atoms with Crippen molar-refractivity contribution in [3.05, 3.63) is 76.2 Å². The van der Waals surface area contributed by atoms with Crippen LogP contribution in [-0.4, -0.2) is 30.7 Å². The van der Waals surface area contributed by atoms with Gasteiger partial charge in [0.25, 0.3) is 0 Å². The van der Waals surface area contributed by atoms with Crippen molar-refractivity contribution in [2.45, 2.75) is 64.4 Å². The quantitative estimate of drug-likeness (QED) is 0.0917. The monoisotopic (exact) mass is 531 g/mol. The first-order valence-corrected chi connectivity index (χ1v) is 13.4. The fraction of sp³-hybridized carbons (Fsp3) is 0.429. The van der Waals surface area contributed by atoms with Crippen LogP contribution in [0.1, 0.15) is 70.9 Å². The van der Waals surface area contributed by atoms with Crippen LogP contribution in [0.2, 0.25) is 0 Å². The van der Waals surface area contributed by atoms with Crippen molar-refractivity contribution in [1.29, 1.82) is 0 Å². The third-order valence-electron chi connectivity index (χ3n) is 5.25. The molecule has 0 atom stereocenters. The number of allylic oxidation sites excluding steroid dienone is 10. The molecule has 2 heterocycles. The minimum Gasteiger partial charge on any atom is -0.480 e. The van der Waals surface area contributed by atoms with Gasteiger partial charge in [0.1, 0.15) is 5.69 Å². The second-order valence-corrected chi connectivity index (χ2v) is 9.95. The molecule has 1 saturated heterocycles. The molecule has 0 amide bonds. The first kappa shape index (κ1) is 29.7.